The molecule has 0 aliphatic carbocycles. The SMILES string of the molecule is O=C(CCc1ccco1)c1cccc2ccccc12. The summed E-state index contributed by atoms with van der Waals surface area (Å²) in [7, 11) is 0. The molecule has 1 aromatic heterocycles. The maximum atomic E-state index is 12.3. The normalized spacial score (nSPS) is 10.7. The molecular formula is C17H14O2. The molecule has 0 aliphatic heterocycles. The summed E-state index contributed by atoms with van der Waals surface area (Å²) in [5, 5.41) is 2.13. The molecule has 19 heavy (non-hydrogen) atoms. The van der Waals surface area contributed by atoms with Crippen molar-refractivity contribution in [2.45, 2.75) is 12.8 Å². The average Bonchev–Trinajstić information content (AvgIpc) is 2.97. The minimum absolute atomic E-state index is 0.160. The first-order valence-corrected chi connectivity index (χ1v) is 6.38. The van der Waals surface area contributed by atoms with E-state index >= 15 is 0 Å². The van der Waals surface area contributed by atoms with Crippen molar-refractivity contribution < 1.29 is 9.21 Å². The van der Waals surface area contributed by atoms with E-state index in [2.05, 4.69) is 0 Å². The van der Waals surface area contributed by atoms with Gasteiger partial charge in [0.1, 0.15) is 5.76 Å². The second-order valence-corrected chi connectivity index (χ2v) is 4.53. The summed E-state index contributed by atoms with van der Waals surface area (Å²) in [5.41, 5.74) is 0.796. The summed E-state index contributed by atoms with van der Waals surface area (Å²) in [6.45, 7) is 0. The number of Topliss-reactive ketones (excluding diaryl/α,β-unsaturated/α-hetero) is 1. The van der Waals surface area contributed by atoms with Crippen molar-refractivity contribution in [2.75, 3.05) is 0 Å². The van der Waals surface area contributed by atoms with Crippen molar-refractivity contribution in [3.05, 3.63) is 72.2 Å². The van der Waals surface area contributed by atoms with E-state index in [-0.39, 0.29) is 5.78 Å². The lowest BCUT2D eigenvalue weighted by molar-refractivity contribution is 0.0982. The third-order valence-electron chi connectivity index (χ3n) is 3.27. The Morgan fingerprint density at radius 2 is 1.79 bits per heavy atom. The third kappa shape index (κ3) is 2.43. The highest BCUT2D eigenvalue weighted by molar-refractivity contribution is 6.08. The first-order chi connectivity index (χ1) is 9.34. The van der Waals surface area contributed by atoms with E-state index < -0.39 is 0 Å². The van der Waals surface area contributed by atoms with Crippen LogP contribution in [0.25, 0.3) is 10.8 Å². The Bertz CT molecular complexity index is 691. The molecule has 0 bridgehead atoms. The van der Waals surface area contributed by atoms with Crippen molar-refractivity contribution in [2.24, 2.45) is 0 Å². The Morgan fingerprint density at radius 1 is 0.947 bits per heavy atom. The highest BCUT2D eigenvalue weighted by Gasteiger charge is 2.10. The lowest BCUT2D eigenvalue weighted by Gasteiger charge is -2.05. The van der Waals surface area contributed by atoms with Crippen molar-refractivity contribution >= 4 is 16.6 Å². The van der Waals surface area contributed by atoms with Crippen molar-refractivity contribution in [3.63, 3.8) is 0 Å². The fraction of sp³-hybridized carbons (Fsp3) is 0.118. The van der Waals surface area contributed by atoms with E-state index in [0.29, 0.717) is 12.8 Å². The molecule has 1 heterocycles. The van der Waals surface area contributed by atoms with E-state index in [0.717, 1.165) is 22.1 Å². The number of ketones is 1. The van der Waals surface area contributed by atoms with E-state index in [4.69, 9.17) is 4.42 Å². The molecule has 3 rings (SSSR count). The standard InChI is InChI=1S/C17H14O2/c18-17(11-10-14-7-4-12-19-14)16-9-3-6-13-5-1-2-8-15(13)16/h1-9,12H,10-11H2. The van der Waals surface area contributed by atoms with E-state index in [1.54, 1.807) is 6.26 Å². The van der Waals surface area contributed by atoms with Crippen molar-refractivity contribution in [1.29, 1.82) is 0 Å². The van der Waals surface area contributed by atoms with Crippen LogP contribution in [0.4, 0.5) is 0 Å². The first kappa shape index (κ1) is 11.7. The predicted molar refractivity (Wildman–Crippen MR) is 75.3 cm³/mol. The molecule has 0 N–H and O–H groups in total. The van der Waals surface area contributed by atoms with Crippen LogP contribution >= 0.6 is 0 Å². The van der Waals surface area contributed by atoms with Crippen LogP contribution in [-0.4, -0.2) is 5.78 Å². The number of hydrogen-bond acceptors (Lipinski definition) is 2. The quantitative estimate of drug-likeness (QED) is 0.648. The Morgan fingerprint density at radius 3 is 2.63 bits per heavy atom. The number of rotatable bonds is 4. The average molecular weight is 250 g/mol. The molecule has 0 atom stereocenters. The van der Waals surface area contributed by atoms with Crippen LogP contribution < -0.4 is 0 Å². The number of furan rings is 1. The molecule has 0 aliphatic rings. The molecule has 2 nitrogen and oxygen atoms in total. The number of carbonyl (C=O) groups excluding carboxylic acids is 1. The molecule has 0 fully saturated rings. The summed E-state index contributed by atoms with van der Waals surface area (Å²) in [6.07, 6.45) is 2.76. The molecule has 0 spiro atoms. The fourth-order valence-corrected chi connectivity index (χ4v) is 2.29. The van der Waals surface area contributed by atoms with Crippen LogP contribution in [0.3, 0.4) is 0 Å². The second kappa shape index (κ2) is 5.11. The minimum atomic E-state index is 0.160. The van der Waals surface area contributed by atoms with E-state index in [1.165, 1.54) is 0 Å². The zero-order valence-electron chi connectivity index (χ0n) is 10.5. The van der Waals surface area contributed by atoms with Gasteiger partial charge in [-0.25, -0.2) is 0 Å². The third-order valence-corrected chi connectivity index (χ3v) is 3.27. The molecule has 3 aromatic rings. The van der Waals surface area contributed by atoms with Gasteiger partial charge in [-0.15, -0.1) is 0 Å². The van der Waals surface area contributed by atoms with Crippen LogP contribution in [0.15, 0.2) is 65.3 Å². The van der Waals surface area contributed by atoms with Crippen LogP contribution in [0, 0.1) is 0 Å². The van der Waals surface area contributed by atoms with Gasteiger partial charge in [0.2, 0.25) is 0 Å². The predicted octanol–water partition coefficient (Wildman–Crippen LogP) is 4.25. The lowest BCUT2D eigenvalue weighted by Crippen LogP contribution is -2.01. The van der Waals surface area contributed by atoms with Gasteiger partial charge in [0.15, 0.2) is 5.78 Å². The number of hydrogen-bond donors (Lipinski definition) is 0. The molecule has 0 saturated carbocycles. The highest BCUT2D eigenvalue weighted by atomic mass is 16.3. The summed E-state index contributed by atoms with van der Waals surface area (Å²) >= 11 is 0. The number of fused-ring (bicyclic) bond motifs is 1. The topological polar surface area (TPSA) is 30.2 Å². The fourth-order valence-electron chi connectivity index (χ4n) is 2.29. The largest absolute Gasteiger partial charge is 0.469 e. The summed E-state index contributed by atoms with van der Waals surface area (Å²) < 4.78 is 5.26. The number of aryl methyl sites for hydroxylation is 1. The molecule has 0 saturated heterocycles. The number of benzene rings is 2. The summed E-state index contributed by atoms with van der Waals surface area (Å²) in [5.74, 6) is 1.02. The molecule has 94 valence electrons. The van der Waals surface area contributed by atoms with Gasteiger partial charge in [-0.2, -0.15) is 0 Å². The van der Waals surface area contributed by atoms with Gasteiger partial charge in [0.25, 0.3) is 0 Å². The summed E-state index contributed by atoms with van der Waals surface area (Å²) in [4.78, 5) is 12.3. The number of carbonyl (C=O) groups is 1. The van der Waals surface area contributed by atoms with Gasteiger partial charge in [0, 0.05) is 18.4 Å². The van der Waals surface area contributed by atoms with Crippen molar-refractivity contribution in [3.8, 4) is 0 Å². The zero-order chi connectivity index (χ0) is 13.1. The second-order valence-electron chi connectivity index (χ2n) is 4.53. The zero-order valence-corrected chi connectivity index (χ0v) is 10.5. The monoisotopic (exact) mass is 250 g/mol. The van der Waals surface area contributed by atoms with Gasteiger partial charge in [-0.1, -0.05) is 42.5 Å². The van der Waals surface area contributed by atoms with Crippen LogP contribution in [-0.2, 0) is 6.42 Å². The lowest BCUT2D eigenvalue weighted by atomic mass is 9.99. The maximum Gasteiger partial charge on any atom is 0.163 e. The van der Waals surface area contributed by atoms with Crippen LogP contribution in [0.2, 0.25) is 0 Å². The van der Waals surface area contributed by atoms with Gasteiger partial charge < -0.3 is 4.42 Å². The summed E-state index contributed by atoms with van der Waals surface area (Å²) in [6, 6.07) is 17.6. The molecule has 0 radical (unpaired) electrons. The Balaban J connectivity index is 1.85. The molecule has 0 unspecified atom stereocenters. The van der Waals surface area contributed by atoms with Crippen molar-refractivity contribution in [1.82, 2.24) is 0 Å². The van der Waals surface area contributed by atoms with E-state index in [9.17, 15) is 4.79 Å². The smallest absolute Gasteiger partial charge is 0.163 e. The van der Waals surface area contributed by atoms with Gasteiger partial charge in [-0.05, 0) is 22.9 Å². The van der Waals surface area contributed by atoms with Crippen LogP contribution in [0.5, 0.6) is 0 Å². The molecule has 0 amide bonds. The van der Waals surface area contributed by atoms with Crippen LogP contribution in [0.1, 0.15) is 22.5 Å². The van der Waals surface area contributed by atoms with Gasteiger partial charge >= 0.3 is 0 Å². The highest BCUT2D eigenvalue weighted by Crippen LogP contribution is 2.20. The van der Waals surface area contributed by atoms with Gasteiger partial charge in [-0.3, -0.25) is 4.79 Å². The minimum Gasteiger partial charge on any atom is -0.469 e. The molecule has 2 heteroatoms. The van der Waals surface area contributed by atoms with Gasteiger partial charge in [0.05, 0.1) is 6.26 Å². The molecule has 2 aromatic carbocycles. The van der Waals surface area contributed by atoms with E-state index in [1.807, 2.05) is 54.6 Å². The Kier molecular flexibility index (Phi) is 3.15. The molecular weight excluding hydrogens is 236 g/mol. The maximum absolute atomic E-state index is 12.3. The Hall–Kier alpha value is -2.35. The Labute approximate surface area is 111 Å². The first-order valence-electron chi connectivity index (χ1n) is 6.38.